The summed E-state index contributed by atoms with van der Waals surface area (Å²) in [5.74, 6) is 0.397. The monoisotopic (exact) mass is 393 g/mol. The molecule has 0 unspecified atom stereocenters. The first-order valence-electron chi connectivity index (χ1n) is 6.99. The lowest BCUT2D eigenvalue weighted by Crippen LogP contribution is -2.18. The summed E-state index contributed by atoms with van der Waals surface area (Å²) < 4.78 is 22.5. The van der Waals surface area contributed by atoms with Crippen molar-refractivity contribution in [2.24, 2.45) is 10.1 Å². The summed E-state index contributed by atoms with van der Waals surface area (Å²) >= 11 is 6.90. The SMILES string of the molecule is NS(=O)(=O)c1ccc(N=C2NC(=O)S/C2=C\c2ccc(Cl)cc2)cc1. The van der Waals surface area contributed by atoms with Crippen molar-refractivity contribution in [3.8, 4) is 0 Å². The van der Waals surface area contributed by atoms with Crippen LogP contribution in [-0.2, 0) is 10.0 Å². The smallest absolute Gasteiger partial charge is 0.289 e. The van der Waals surface area contributed by atoms with Gasteiger partial charge in [0.15, 0.2) is 0 Å². The van der Waals surface area contributed by atoms with Crippen molar-refractivity contribution in [1.29, 1.82) is 0 Å². The summed E-state index contributed by atoms with van der Waals surface area (Å²) in [5, 5.41) is 8.12. The molecule has 2 aromatic rings. The molecule has 1 heterocycles. The Balaban J connectivity index is 1.92. The van der Waals surface area contributed by atoms with Gasteiger partial charge in [-0.25, -0.2) is 18.5 Å². The molecule has 0 spiro atoms. The summed E-state index contributed by atoms with van der Waals surface area (Å²) in [6, 6.07) is 12.9. The molecule has 1 aliphatic heterocycles. The van der Waals surface area contributed by atoms with Crippen LogP contribution >= 0.6 is 23.4 Å². The van der Waals surface area contributed by atoms with E-state index < -0.39 is 10.0 Å². The number of aliphatic imine (C=N–C) groups is 1. The highest BCUT2D eigenvalue weighted by Crippen LogP contribution is 2.29. The lowest BCUT2D eigenvalue weighted by molar-refractivity contribution is 0.265. The van der Waals surface area contributed by atoms with Crippen LogP contribution in [0.5, 0.6) is 0 Å². The van der Waals surface area contributed by atoms with Gasteiger partial charge in [0, 0.05) is 5.02 Å². The zero-order chi connectivity index (χ0) is 18.0. The van der Waals surface area contributed by atoms with E-state index in [1.165, 1.54) is 24.3 Å². The fourth-order valence-electron chi connectivity index (χ4n) is 2.06. The van der Waals surface area contributed by atoms with E-state index in [0.717, 1.165) is 17.3 Å². The Kier molecular flexibility index (Phi) is 4.96. The predicted molar refractivity (Wildman–Crippen MR) is 100 cm³/mol. The summed E-state index contributed by atoms with van der Waals surface area (Å²) in [5.41, 5.74) is 1.37. The molecule has 1 aliphatic rings. The Hall–Kier alpha value is -2.13. The van der Waals surface area contributed by atoms with Crippen LogP contribution in [0.25, 0.3) is 6.08 Å². The fraction of sp³-hybridized carbons (Fsp3) is 0. The molecule has 0 radical (unpaired) electrons. The lowest BCUT2D eigenvalue weighted by Gasteiger charge is -2.02. The highest BCUT2D eigenvalue weighted by Gasteiger charge is 2.23. The number of rotatable bonds is 3. The van der Waals surface area contributed by atoms with Crippen LogP contribution in [0.1, 0.15) is 5.56 Å². The standard InChI is InChI=1S/C16H12ClN3O3S2/c17-11-3-1-10(2-4-11)9-14-15(20-16(21)24-14)19-12-5-7-13(8-6-12)25(18,22)23/h1-9H,(H2,18,22,23)(H,19,20,21)/b14-9-. The molecule has 2 aromatic carbocycles. The zero-order valence-electron chi connectivity index (χ0n) is 12.6. The van der Waals surface area contributed by atoms with Crippen molar-refractivity contribution in [2.75, 3.05) is 0 Å². The topological polar surface area (TPSA) is 102 Å². The van der Waals surface area contributed by atoms with E-state index in [-0.39, 0.29) is 10.1 Å². The number of thioether (sulfide) groups is 1. The van der Waals surface area contributed by atoms with Crippen molar-refractivity contribution in [1.82, 2.24) is 5.32 Å². The molecule has 9 heteroatoms. The maximum atomic E-state index is 11.7. The van der Waals surface area contributed by atoms with Gasteiger partial charge in [0.2, 0.25) is 10.0 Å². The van der Waals surface area contributed by atoms with Gasteiger partial charge in [0.05, 0.1) is 15.5 Å². The van der Waals surface area contributed by atoms with E-state index in [9.17, 15) is 13.2 Å². The van der Waals surface area contributed by atoms with Crippen LogP contribution in [0.2, 0.25) is 5.02 Å². The predicted octanol–water partition coefficient (Wildman–Crippen LogP) is 3.51. The average molecular weight is 394 g/mol. The molecule has 0 aliphatic carbocycles. The number of nitrogens with one attached hydrogen (secondary N) is 1. The molecule has 0 saturated carbocycles. The van der Waals surface area contributed by atoms with Gasteiger partial charge in [-0.3, -0.25) is 4.79 Å². The van der Waals surface area contributed by atoms with E-state index in [2.05, 4.69) is 10.3 Å². The number of sulfonamides is 1. The average Bonchev–Trinajstić information content (AvgIpc) is 2.88. The second-order valence-corrected chi connectivity index (χ2v) is 8.09. The Bertz CT molecular complexity index is 982. The quantitative estimate of drug-likeness (QED) is 0.832. The second kappa shape index (κ2) is 7.01. The second-order valence-electron chi connectivity index (χ2n) is 5.07. The molecule has 0 aromatic heterocycles. The van der Waals surface area contributed by atoms with E-state index in [1.54, 1.807) is 12.1 Å². The van der Waals surface area contributed by atoms with Crippen molar-refractivity contribution in [3.05, 3.63) is 64.0 Å². The number of hydrogen-bond acceptors (Lipinski definition) is 5. The molecule has 0 bridgehead atoms. The van der Waals surface area contributed by atoms with Gasteiger partial charge in [0.25, 0.3) is 5.24 Å². The summed E-state index contributed by atoms with van der Waals surface area (Å²) in [6.45, 7) is 0. The van der Waals surface area contributed by atoms with Gasteiger partial charge in [0.1, 0.15) is 5.84 Å². The van der Waals surface area contributed by atoms with E-state index >= 15 is 0 Å². The van der Waals surface area contributed by atoms with E-state index in [4.69, 9.17) is 16.7 Å². The van der Waals surface area contributed by atoms with Gasteiger partial charge in [-0.15, -0.1) is 0 Å². The minimum Gasteiger partial charge on any atom is -0.300 e. The van der Waals surface area contributed by atoms with E-state index in [1.807, 2.05) is 18.2 Å². The van der Waals surface area contributed by atoms with Gasteiger partial charge >= 0.3 is 0 Å². The lowest BCUT2D eigenvalue weighted by atomic mass is 10.2. The molecule has 0 atom stereocenters. The number of amides is 1. The molecule has 1 amide bonds. The van der Waals surface area contributed by atoms with Gasteiger partial charge in [-0.2, -0.15) is 0 Å². The zero-order valence-corrected chi connectivity index (χ0v) is 15.0. The largest absolute Gasteiger partial charge is 0.300 e. The molecule has 3 N–H and O–H groups in total. The molecular formula is C16H12ClN3O3S2. The van der Waals surface area contributed by atoms with Crippen LogP contribution in [-0.4, -0.2) is 19.5 Å². The van der Waals surface area contributed by atoms with Crippen LogP contribution in [0.3, 0.4) is 0 Å². The minimum absolute atomic E-state index is 0.00166. The highest BCUT2D eigenvalue weighted by atomic mass is 35.5. The highest BCUT2D eigenvalue weighted by molar-refractivity contribution is 8.18. The van der Waals surface area contributed by atoms with Crippen LogP contribution in [0.15, 0.2) is 63.3 Å². The van der Waals surface area contributed by atoms with Crippen molar-refractivity contribution in [2.45, 2.75) is 4.90 Å². The third kappa shape index (κ3) is 4.49. The first-order valence-corrected chi connectivity index (χ1v) is 9.73. The molecule has 6 nitrogen and oxygen atoms in total. The van der Waals surface area contributed by atoms with Crippen molar-refractivity contribution in [3.63, 3.8) is 0 Å². The minimum atomic E-state index is -3.76. The first-order chi connectivity index (χ1) is 11.8. The molecule has 25 heavy (non-hydrogen) atoms. The summed E-state index contributed by atoms with van der Waals surface area (Å²) in [4.78, 5) is 16.7. The number of hydrogen-bond donors (Lipinski definition) is 2. The number of carbonyl (C=O) groups excluding carboxylic acids is 1. The van der Waals surface area contributed by atoms with Gasteiger partial charge in [-0.1, -0.05) is 23.7 Å². The van der Waals surface area contributed by atoms with Crippen LogP contribution in [0, 0.1) is 0 Å². The number of carbonyl (C=O) groups is 1. The Morgan fingerprint density at radius 3 is 2.32 bits per heavy atom. The normalized spacial score (nSPS) is 17.9. The van der Waals surface area contributed by atoms with Crippen molar-refractivity contribution < 1.29 is 13.2 Å². The molecule has 3 rings (SSSR count). The summed E-state index contributed by atoms with van der Waals surface area (Å²) in [7, 11) is -3.76. The third-order valence-electron chi connectivity index (χ3n) is 3.23. The van der Waals surface area contributed by atoms with Gasteiger partial charge < -0.3 is 5.32 Å². The molecule has 1 fully saturated rings. The van der Waals surface area contributed by atoms with Gasteiger partial charge in [-0.05, 0) is 59.8 Å². The number of nitrogens with two attached hydrogens (primary N) is 1. The maximum Gasteiger partial charge on any atom is 0.289 e. The third-order valence-corrected chi connectivity index (χ3v) is 5.23. The fourth-order valence-corrected chi connectivity index (χ4v) is 3.44. The van der Waals surface area contributed by atoms with E-state index in [0.29, 0.717) is 21.5 Å². The Morgan fingerprint density at radius 2 is 1.72 bits per heavy atom. The molecule has 1 saturated heterocycles. The number of amidine groups is 1. The number of nitrogens with zero attached hydrogens (tertiary/aromatic N) is 1. The van der Waals surface area contributed by atoms with Crippen LogP contribution in [0.4, 0.5) is 10.5 Å². The van der Waals surface area contributed by atoms with Crippen LogP contribution < -0.4 is 10.5 Å². The first kappa shape index (κ1) is 17.7. The summed E-state index contributed by atoms with van der Waals surface area (Å²) in [6.07, 6.45) is 1.82. The number of primary sulfonamides is 1. The number of benzene rings is 2. The Morgan fingerprint density at radius 1 is 1.08 bits per heavy atom. The maximum absolute atomic E-state index is 11.7. The van der Waals surface area contributed by atoms with Crippen molar-refractivity contribution >= 4 is 56.2 Å². The Labute approximate surface area is 153 Å². The molecular weight excluding hydrogens is 382 g/mol. The molecule has 128 valence electrons. The number of halogens is 1.